The van der Waals surface area contributed by atoms with E-state index in [1.807, 2.05) is 61.3 Å². The molecule has 0 unspecified atom stereocenters. The molecule has 0 atom stereocenters. The SMILES string of the molecule is Cc1ccc(-c2cc(Nc3ccc(N(C)CCO)cn3)n3nccc3n2)cc1N. The minimum Gasteiger partial charge on any atom is -0.398 e. The molecular formula is C21H23N7O. The van der Waals surface area contributed by atoms with Crippen LogP contribution in [0, 0.1) is 6.92 Å². The number of aliphatic hydroxyl groups is 1. The number of nitrogens with one attached hydrogen (secondary N) is 1. The van der Waals surface area contributed by atoms with E-state index in [2.05, 4.69) is 15.4 Å². The summed E-state index contributed by atoms with van der Waals surface area (Å²) in [6.45, 7) is 2.62. The Bertz CT molecular complexity index is 1140. The van der Waals surface area contributed by atoms with Crippen LogP contribution in [0.3, 0.4) is 0 Å². The van der Waals surface area contributed by atoms with Gasteiger partial charge in [0.2, 0.25) is 0 Å². The number of pyridine rings is 1. The third-order valence-corrected chi connectivity index (χ3v) is 4.81. The van der Waals surface area contributed by atoms with E-state index < -0.39 is 0 Å². The van der Waals surface area contributed by atoms with Crippen molar-refractivity contribution >= 4 is 28.7 Å². The number of nitrogens with zero attached hydrogens (tertiary/aromatic N) is 5. The quantitative estimate of drug-likeness (QED) is 0.436. The zero-order valence-corrected chi connectivity index (χ0v) is 16.4. The molecule has 29 heavy (non-hydrogen) atoms. The molecule has 0 fully saturated rings. The minimum absolute atomic E-state index is 0.0943. The molecule has 4 aromatic rings. The second kappa shape index (κ2) is 7.76. The molecule has 8 heteroatoms. The summed E-state index contributed by atoms with van der Waals surface area (Å²) >= 11 is 0. The molecule has 0 bridgehead atoms. The second-order valence-electron chi connectivity index (χ2n) is 6.87. The van der Waals surface area contributed by atoms with Crippen molar-refractivity contribution in [2.24, 2.45) is 0 Å². The molecule has 0 saturated carbocycles. The highest BCUT2D eigenvalue weighted by Crippen LogP contribution is 2.27. The number of likely N-dealkylation sites (N-methyl/N-ethyl adjacent to an activating group) is 1. The second-order valence-corrected chi connectivity index (χ2v) is 6.87. The van der Waals surface area contributed by atoms with Gasteiger partial charge in [-0.05, 0) is 30.7 Å². The molecule has 0 radical (unpaired) electrons. The zero-order valence-electron chi connectivity index (χ0n) is 16.4. The van der Waals surface area contributed by atoms with Crippen molar-refractivity contribution in [1.82, 2.24) is 19.6 Å². The monoisotopic (exact) mass is 389 g/mol. The van der Waals surface area contributed by atoms with Crippen molar-refractivity contribution in [3.05, 3.63) is 60.4 Å². The van der Waals surface area contributed by atoms with Crippen LogP contribution in [0.25, 0.3) is 16.9 Å². The number of aryl methyl sites for hydroxylation is 1. The first-order valence-electron chi connectivity index (χ1n) is 9.31. The fourth-order valence-electron chi connectivity index (χ4n) is 3.05. The first-order valence-corrected chi connectivity index (χ1v) is 9.31. The van der Waals surface area contributed by atoms with Gasteiger partial charge in [-0.3, -0.25) is 0 Å². The molecule has 0 amide bonds. The van der Waals surface area contributed by atoms with E-state index in [0.29, 0.717) is 12.4 Å². The molecule has 0 saturated heterocycles. The van der Waals surface area contributed by atoms with Crippen LogP contribution in [0.4, 0.5) is 23.0 Å². The van der Waals surface area contributed by atoms with Crippen molar-refractivity contribution in [3.8, 4) is 11.3 Å². The van der Waals surface area contributed by atoms with Crippen molar-refractivity contribution in [2.75, 3.05) is 36.1 Å². The van der Waals surface area contributed by atoms with Gasteiger partial charge in [-0.2, -0.15) is 9.61 Å². The number of fused-ring (bicyclic) bond motifs is 1. The summed E-state index contributed by atoms with van der Waals surface area (Å²) in [4.78, 5) is 11.1. The molecule has 4 rings (SSSR count). The highest BCUT2D eigenvalue weighted by Gasteiger charge is 2.10. The molecule has 0 aliphatic rings. The smallest absolute Gasteiger partial charge is 0.157 e. The third kappa shape index (κ3) is 3.83. The van der Waals surface area contributed by atoms with Crippen molar-refractivity contribution in [2.45, 2.75) is 6.92 Å². The number of benzene rings is 1. The van der Waals surface area contributed by atoms with Gasteiger partial charge < -0.3 is 21.1 Å². The van der Waals surface area contributed by atoms with Gasteiger partial charge in [0.05, 0.1) is 30.4 Å². The van der Waals surface area contributed by atoms with E-state index in [0.717, 1.165) is 39.7 Å². The normalized spacial score (nSPS) is 11.0. The number of nitrogens with two attached hydrogens (primary N) is 1. The van der Waals surface area contributed by atoms with Gasteiger partial charge in [-0.1, -0.05) is 12.1 Å². The topological polar surface area (TPSA) is 105 Å². The average Bonchev–Trinajstić information content (AvgIpc) is 3.20. The molecule has 0 aliphatic carbocycles. The maximum atomic E-state index is 9.08. The largest absolute Gasteiger partial charge is 0.398 e. The summed E-state index contributed by atoms with van der Waals surface area (Å²) in [5.74, 6) is 1.43. The Kier molecular flexibility index (Phi) is 5.01. The minimum atomic E-state index is 0.0943. The van der Waals surface area contributed by atoms with Crippen LogP contribution in [0.5, 0.6) is 0 Å². The lowest BCUT2D eigenvalue weighted by Gasteiger charge is -2.17. The number of nitrogen functional groups attached to an aromatic ring is 1. The Morgan fingerprint density at radius 1 is 1.17 bits per heavy atom. The van der Waals surface area contributed by atoms with Crippen LogP contribution in [-0.2, 0) is 0 Å². The van der Waals surface area contributed by atoms with E-state index in [9.17, 15) is 0 Å². The molecule has 1 aromatic carbocycles. The van der Waals surface area contributed by atoms with Gasteiger partial charge in [0.15, 0.2) is 5.65 Å². The summed E-state index contributed by atoms with van der Waals surface area (Å²) in [5, 5.41) is 16.8. The van der Waals surface area contributed by atoms with Gasteiger partial charge in [0.25, 0.3) is 0 Å². The van der Waals surface area contributed by atoms with Crippen molar-refractivity contribution < 1.29 is 5.11 Å². The van der Waals surface area contributed by atoms with E-state index in [4.69, 9.17) is 15.8 Å². The number of rotatable bonds is 6. The van der Waals surface area contributed by atoms with Crippen LogP contribution in [0.1, 0.15) is 5.56 Å². The third-order valence-electron chi connectivity index (χ3n) is 4.81. The van der Waals surface area contributed by atoms with Crippen LogP contribution < -0.4 is 16.0 Å². The lowest BCUT2D eigenvalue weighted by molar-refractivity contribution is 0.304. The molecule has 4 N–H and O–H groups in total. The van der Waals surface area contributed by atoms with Crippen LogP contribution >= 0.6 is 0 Å². The molecule has 3 heterocycles. The van der Waals surface area contributed by atoms with E-state index in [-0.39, 0.29) is 6.61 Å². The average molecular weight is 389 g/mol. The first kappa shape index (κ1) is 18.7. The molecule has 0 spiro atoms. The van der Waals surface area contributed by atoms with Crippen LogP contribution in [0.2, 0.25) is 0 Å². The molecule has 0 aliphatic heterocycles. The predicted molar refractivity (Wildman–Crippen MR) is 115 cm³/mol. The molecule has 148 valence electrons. The Balaban J connectivity index is 1.68. The fraction of sp³-hybridized carbons (Fsp3) is 0.190. The van der Waals surface area contributed by atoms with Crippen LogP contribution in [-0.4, -0.2) is 44.9 Å². The number of aliphatic hydroxyl groups excluding tert-OH is 1. The van der Waals surface area contributed by atoms with Crippen LogP contribution in [0.15, 0.2) is 54.9 Å². The molecule has 3 aromatic heterocycles. The van der Waals surface area contributed by atoms with Gasteiger partial charge in [-0.15, -0.1) is 0 Å². The van der Waals surface area contributed by atoms with E-state index in [1.54, 1.807) is 16.9 Å². The number of hydrogen-bond acceptors (Lipinski definition) is 7. The summed E-state index contributed by atoms with van der Waals surface area (Å²) in [7, 11) is 1.91. The Morgan fingerprint density at radius 2 is 2.03 bits per heavy atom. The Hall–Kier alpha value is -3.65. The highest BCUT2D eigenvalue weighted by atomic mass is 16.3. The van der Waals surface area contributed by atoms with Gasteiger partial charge in [0, 0.05) is 37.0 Å². The highest BCUT2D eigenvalue weighted by molar-refractivity contribution is 5.71. The predicted octanol–water partition coefficient (Wildman–Crippen LogP) is 2.85. The molecule has 8 nitrogen and oxygen atoms in total. The van der Waals surface area contributed by atoms with Gasteiger partial charge in [0.1, 0.15) is 11.6 Å². The maximum Gasteiger partial charge on any atom is 0.157 e. The van der Waals surface area contributed by atoms with Crippen molar-refractivity contribution in [1.29, 1.82) is 0 Å². The summed E-state index contributed by atoms with van der Waals surface area (Å²) in [6.07, 6.45) is 3.47. The summed E-state index contributed by atoms with van der Waals surface area (Å²) in [5.41, 5.74) is 11.2. The number of hydrogen-bond donors (Lipinski definition) is 3. The fourth-order valence-corrected chi connectivity index (χ4v) is 3.05. The van der Waals surface area contributed by atoms with Crippen molar-refractivity contribution in [3.63, 3.8) is 0 Å². The Morgan fingerprint density at radius 3 is 2.76 bits per heavy atom. The summed E-state index contributed by atoms with van der Waals surface area (Å²) in [6, 6.07) is 13.6. The Labute approximate surface area is 168 Å². The summed E-state index contributed by atoms with van der Waals surface area (Å²) < 4.78 is 1.73. The lowest BCUT2D eigenvalue weighted by Crippen LogP contribution is -2.21. The maximum absolute atomic E-state index is 9.08. The molecular weight excluding hydrogens is 366 g/mol. The number of anilines is 4. The standard InChI is InChI=1S/C21H23N7O/c1-14-3-4-15(11-17(14)22)18-12-21(28-20(25-18)7-8-24-28)26-19-6-5-16(13-23-19)27(2)9-10-29/h3-8,11-13,29H,9-10,22H2,1-2H3,(H,23,26). The van der Waals surface area contributed by atoms with E-state index >= 15 is 0 Å². The van der Waals surface area contributed by atoms with E-state index in [1.165, 1.54) is 0 Å². The van der Waals surface area contributed by atoms with Gasteiger partial charge in [-0.25, -0.2) is 9.97 Å². The number of aromatic nitrogens is 4. The lowest BCUT2D eigenvalue weighted by atomic mass is 10.1. The zero-order chi connectivity index (χ0) is 20.4. The van der Waals surface area contributed by atoms with Gasteiger partial charge >= 0.3 is 0 Å². The first-order chi connectivity index (χ1) is 14.0.